The second kappa shape index (κ2) is 5.63. The maximum absolute atomic E-state index is 5.67. The van der Waals surface area contributed by atoms with Gasteiger partial charge in [-0.3, -0.25) is 0 Å². The van der Waals surface area contributed by atoms with E-state index in [9.17, 15) is 0 Å². The van der Waals surface area contributed by atoms with Crippen LogP contribution in [0.4, 0.5) is 5.95 Å². The first-order chi connectivity index (χ1) is 8.29. The van der Waals surface area contributed by atoms with Gasteiger partial charge in [-0.1, -0.05) is 6.07 Å². The number of hydrogen-bond donors (Lipinski definition) is 1. The minimum absolute atomic E-state index is 0.585. The van der Waals surface area contributed by atoms with Crippen molar-refractivity contribution in [2.75, 3.05) is 19.0 Å². The summed E-state index contributed by atoms with van der Waals surface area (Å²) in [5.41, 5.74) is 0.954. The first-order valence-electron chi connectivity index (χ1n) is 5.46. The zero-order chi connectivity index (χ0) is 12.1. The van der Waals surface area contributed by atoms with E-state index in [-0.39, 0.29) is 0 Å². The van der Waals surface area contributed by atoms with Gasteiger partial charge in [0.25, 0.3) is 0 Å². The normalized spacial score (nSPS) is 10.2. The monoisotopic (exact) mass is 249 g/mol. The predicted octanol–water partition coefficient (Wildman–Crippen LogP) is 2.51. The molecule has 0 fully saturated rings. The summed E-state index contributed by atoms with van der Waals surface area (Å²) in [6.45, 7) is 2.58. The summed E-state index contributed by atoms with van der Waals surface area (Å²) < 4.78 is 5.67. The molecule has 0 aliphatic heterocycles. The highest BCUT2D eigenvalue weighted by Crippen LogP contribution is 2.16. The lowest BCUT2D eigenvalue weighted by Gasteiger charge is -2.08. The fraction of sp³-hybridized carbons (Fsp3) is 0.333. The molecule has 17 heavy (non-hydrogen) atoms. The lowest BCUT2D eigenvalue weighted by Crippen LogP contribution is -2.05. The fourth-order valence-corrected chi connectivity index (χ4v) is 2.09. The van der Waals surface area contributed by atoms with Crippen molar-refractivity contribution in [3.05, 3.63) is 34.2 Å². The standard InChI is InChI=1S/C12H15N3OS/c1-9-8-14-12(13-2)15-11(9)16-6-5-10-4-3-7-17-10/h3-4,7-8H,5-6H2,1-2H3,(H,13,14,15). The van der Waals surface area contributed by atoms with Gasteiger partial charge >= 0.3 is 0 Å². The van der Waals surface area contributed by atoms with Crippen LogP contribution in [-0.2, 0) is 6.42 Å². The van der Waals surface area contributed by atoms with Gasteiger partial charge in [-0.2, -0.15) is 4.98 Å². The molecule has 0 amide bonds. The maximum atomic E-state index is 5.67. The number of ether oxygens (including phenoxy) is 1. The first kappa shape index (κ1) is 11.9. The van der Waals surface area contributed by atoms with E-state index in [2.05, 4.69) is 32.8 Å². The molecule has 5 heteroatoms. The third kappa shape index (κ3) is 3.17. The molecule has 0 saturated heterocycles. The SMILES string of the molecule is CNc1ncc(C)c(OCCc2cccs2)n1. The van der Waals surface area contributed by atoms with Crippen LogP contribution in [0.15, 0.2) is 23.7 Å². The molecular weight excluding hydrogens is 234 g/mol. The summed E-state index contributed by atoms with van der Waals surface area (Å²) in [7, 11) is 1.79. The number of rotatable bonds is 5. The van der Waals surface area contributed by atoms with Crippen LogP contribution >= 0.6 is 11.3 Å². The van der Waals surface area contributed by atoms with Crippen molar-refractivity contribution in [2.45, 2.75) is 13.3 Å². The average molecular weight is 249 g/mol. The summed E-state index contributed by atoms with van der Waals surface area (Å²) in [6.07, 6.45) is 2.68. The lowest BCUT2D eigenvalue weighted by atomic mass is 10.3. The van der Waals surface area contributed by atoms with Crippen LogP contribution in [0.1, 0.15) is 10.4 Å². The van der Waals surface area contributed by atoms with Gasteiger partial charge in [-0.25, -0.2) is 4.98 Å². The van der Waals surface area contributed by atoms with Gasteiger partial charge in [-0.15, -0.1) is 11.3 Å². The molecule has 0 aliphatic carbocycles. The Kier molecular flexibility index (Phi) is 3.93. The smallest absolute Gasteiger partial charge is 0.225 e. The van der Waals surface area contributed by atoms with E-state index < -0.39 is 0 Å². The Labute approximate surface area is 105 Å². The minimum Gasteiger partial charge on any atom is -0.477 e. The largest absolute Gasteiger partial charge is 0.477 e. The van der Waals surface area contributed by atoms with Gasteiger partial charge in [0.1, 0.15) is 0 Å². The van der Waals surface area contributed by atoms with E-state index in [1.165, 1.54) is 4.88 Å². The number of aromatic nitrogens is 2. The lowest BCUT2D eigenvalue weighted by molar-refractivity contribution is 0.308. The van der Waals surface area contributed by atoms with Crippen molar-refractivity contribution >= 4 is 17.3 Å². The van der Waals surface area contributed by atoms with E-state index in [4.69, 9.17) is 4.74 Å². The first-order valence-corrected chi connectivity index (χ1v) is 6.34. The van der Waals surface area contributed by atoms with Crippen LogP contribution < -0.4 is 10.1 Å². The van der Waals surface area contributed by atoms with Crippen molar-refractivity contribution in [3.8, 4) is 5.88 Å². The summed E-state index contributed by atoms with van der Waals surface area (Å²) >= 11 is 1.74. The number of thiophene rings is 1. The predicted molar refractivity (Wildman–Crippen MR) is 69.8 cm³/mol. The van der Waals surface area contributed by atoms with Gasteiger partial charge in [0.05, 0.1) is 6.61 Å². The van der Waals surface area contributed by atoms with E-state index >= 15 is 0 Å². The number of hydrogen-bond acceptors (Lipinski definition) is 5. The Morgan fingerprint density at radius 1 is 1.47 bits per heavy atom. The van der Waals surface area contributed by atoms with E-state index in [1.807, 2.05) is 6.92 Å². The Hall–Kier alpha value is -1.62. The average Bonchev–Trinajstić information content (AvgIpc) is 2.84. The number of nitrogens with zero attached hydrogens (tertiary/aromatic N) is 2. The van der Waals surface area contributed by atoms with E-state index in [0.717, 1.165) is 12.0 Å². The number of nitrogens with one attached hydrogen (secondary N) is 1. The molecule has 2 heterocycles. The highest BCUT2D eigenvalue weighted by atomic mass is 32.1. The van der Waals surface area contributed by atoms with Crippen LogP contribution in [0, 0.1) is 6.92 Å². The fourth-order valence-electron chi connectivity index (χ4n) is 1.40. The molecule has 0 bridgehead atoms. The zero-order valence-electron chi connectivity index (χ0n) is 9.93. The highest BCUT2D eigenvalue weighted by Gasteiger charge is 2.04. The molecule has 0 unspecified atom stereocenters. The molecule has 1 N–H and O–H groups in total. The Balaban J connectivity index is 1.94. The minimum atomic E-state index is 0.585. The maximum Gasteiger partial charge on any atom is 0.225 e. The molecule has 2 rings (SSSR count). The van der Waals surface area contributed by atoms with Crippen molar-refractivity contribution < 1.29 is 4.74 Å². The van der Waals surface area contributed by atoms with Crippen molar-refractivity contribution in [1.82, 2.24) is 9.97 Å². The Morgan fingerprint density at radius 3 is 3.06 bits per heavy atom. The van der Waals surface area contributed by atoms with Crippen LogP contribution in [0.2, 0.25) is 0 Å². The molecule has 0 radical (unpaired) electrons. The summed E-state index contributed by atoms with van der Waals surface area (Å²) in [5.74, 6) is 1.24. The van der Waals surface area contributed by atoms with Gasteiger partial charge in [-0.05, 0) is 18.4 Å². The molecule has 2 aromatic rings. The van der Waals surface area contributed by atoms with Crippen LogP contribution in [-0.4, -0.2) is 23.6 Å². The van der Waals surface area contributed by atoms with Crippen molar-refractivity contribution in [1.29, 1.82) is 0 Å². The summed E-state index contributed by atoms with van der Waals surface area (Å²) in [5, 5.41) is 4.97. The van der Waals surface area contributed by atoms with Crippen molar-refractivity contribution in [2.24, 2.45) is 0 Å². The topological polar surface area (TPSA) is 47.0 Å². The third-order valence-corrected chi connectivity index (χ3v) is 3.25. The molecule has 2 aromatic heterocycles. The Morgan fingerprint density at radius 2 is 2.35 bits per heavy atom. The number of anilines is 1. The molecule has 4 nitrogen and oxygen atoms in total. The molecule has 0 atom stereocenters. The second-order valence-corrected chi connectivity index (χ2v) is 4.64. The van der Waals surface area contributed by atoms with E-state index in [0.29, 0.717) is 18.4 Å². The van der Waals surface area contributed by atoms with Crippen molar-refractivity contribution in [3.63, 3.8) is 0 Å². The van der Waals surface area contributed by atoms with Gasteiger partial charge in [0.15, 0.2) is 0 Å². The Bertz CT molecular complexity index is 471. The summed E-state index contributed by atoms with van der Waals surface area (Å²) in [4.78, 5) is 9.71. The summed E-state index contributed by atoms with van der Waals surface area (Å²) in [6, 6.07) is 4.16. The number of aryl methyl sites for hydroxylation is 1. The second-order valence-electron chi connectivity index (χ2n) is 3.61. The zero-order valence-corrected chi connectivity index (χ0v) is 10.8. The quantitative estimate of drug-likeness (QED) is 0.884. The molecule has 90 valence electrons. The molecule has 0 saturated carbocycles. The molecule has 0 aromatic carbocycles. The molecular formula is C12H15N3OS. The van der Waals surface area contributed by atoms with Gasteiger partial charge in [0, 0.05) is 30.1 Å². The van der Waals surface area contributed by atoms with Crippen LogP contribution in [0.5, 0.6) is 5.88 Å². The van der Waals surface area contributed by atoms with E-state index in [1.54, 1.807) is 24.6 Å². The van der Waals surface area contributed by atoms with Gasteiger partial charge in [0.2, 0.25) is 11.8 Å². The highest BCUT2D eigenvalue weighted by molar-refractivity contribution is 7.09. The molecule has 0 aliphatic rings. The van der Waals surface area contributed by atoms with Crippen LogP contribution in [0.3, 0.4) is 0 Å². The van der Waals surface area contributed by atoms with Gasteiger partial charge < -0.3 is 10.1 Å². The van der Waals surface area contributed by atoms with Crippen LogP contribution in [0.25, 0.3) is 0 Å². The molecule has 0 spiro atoms. The third-order valence-electron chi connectivity index (χ3n) is 2.32.